The monoisotopic (exact) mass is 225 g/mol. The standard InChI is InChI=1S/C9H14F3NO2/c1-8(4-2-6(13)3-5-8)15-7(14)9(10,11)12/h6H,2-5,13H2,1H3/t6-,8+. The largest absolute Gasteiger partial charge is 0.490 e. The molecule has 0 aliphatic heterocycles. The van der Waals surface area contributed by atoms with E-state index in [2.05, 4.69) is 4.74 Å². The quantitative estimate of drug-likeness (QED) is 0.692. The topological polar surface area (TPSA) is 52.3 Å². The summed E-state index contributed by atoms with van der Waals surface area (Å²) in [6, 6.07) is 0.00247. The Hall–Kier alpha value is -0.780. The normalized spacial score (nSPS) is 32.5. The maximum Gasteiger partial charge on any atom is 0.490 e. The van der Waals surface area contributed by atoms with Crippen LogP contribution in [0.25, 0.3) is 0 Å². The average molecular weight is 225 g/mol. The van der Waals surface area contributed by atoms with Gasteiger partial charge in [0.05, 0.1) is 0 Å². The number of rotatable bonds is 1. The van der Waals surface area contributed by atoms with E-state index in [4.69, 9.17) is 5.73 Å². The number of esters is 1. The number of carbonyl (C=O) groups is 1. The second-order valence-electron chi connectivity index (χ2n) is 4.17. The molecule has 0 bridgehead atoms. The lowest BCUT2D eigenvalue weighted by Crippen LogP contribution is -2.43. The molecule has 0 aromatic carbocycles. The molecule has 88 valence electrons. The van der Waals surface area contributed by atoms with E-state index in [9.17, 15) is 18.0 Å². The highest BCUT2D eigenvalue weighted by atomic mass is 19.4. The molecule has 0 amide bonds. The molecule has 6 heteroatoms. The third kappa shape index (κ3) is 3.37. The fourth-order valence-corrected chi connectivity index (χ4v) is 1.63. The van der Waals surface area contributed by atoms with Crippen molar-refractivity contribution in [3.05, 3.63) is 0 Å². The number of halogens is 3. The SMILES string of the molecule is C[C@]1(OC(=O)C(F)(F)F)CC[C@@H](N)CC1. The van der Waals surface area contributed by atoms with Gasteiger partial charge in [-0.05, 0) is 32.6 Å². The van der Waals surface area contributed by atoms with Crippen molar-refractivity contribution in [3.63, 3.8) is 0 Å². The minimum atomic E-state index is -4.91. The van der Waals surface area contributed by atoms with Crippen molar-refractivity contribution < 1.29 is 22.7 Å². The van der Waals surface area contributed by atoms with Gasteiger partial charge in [0, 0.05) is 6.04 Å². The van der Waals surface area contributed by atoms with Gasteiger partial charge in [-0.15, -0.1) is 0 Å². The van der Waals surface area contributed by atoms with Gasteiger partial charge < -0.3 is 10.5 Å². The van der Waals surface area contributed by atoms with Crippen molar-refractivity contribution in [3.8, 4) is 0 Å². The van der Waals surface area contributed by atoms with Gasteiger partial charge in [0.15, 0.2) is 0 Å². The summed E-state index contributed by atoms with van der Waals surface area (Å²) in [6.07, 6.45) is -2.97. The van der Waals surface area contributed by atoms with Gasteiger partial charge in [0.25, 0.3) is 0 Å². The van der Waals surface area contributed by atoms with E-state index in [1.54, 1.807) is 0 Å². The number of ether oxygens (including phenoxy) is 1. The molecular weight excluding hydrogens is 211 g/mol. The maximum absolute atomic E-state index is 12.0. The van der Waals surface area contributed by atoms with Crippen LogP contribution in [0.2, 0.25) is 0 Å². The van der Waals surface area contributed by atoms with Crippen molar-refractivity contribution in [1.29, 1.82) is 0 Å². The summed E-state index contributed by atoms with van der Waals surface area (Å²) in [5, 5.41) is 0. The number of hydrogen-bond donors (Lipinski definition) is 1. The zero-order valence-corrected chi connectivity index (χ0v) is 8.43. The highest BCUT2D eigenvalue weighted by Gasteiger charge is 2.45. The summed E-state index contributed by atoms with van der Waals surface area (Å²) in [5.41, 5.74) is 4.60. The summed E-state index contributed by atoms with van der Waals surface area (Å²) in [7, 11) is 0. The molecule has 2 N–H and O–H groups in total. The molecule has 0 atom stereocenters. The summed E-state index contributed by atoms with van der Waals surface area (Å²) >= 11 is 0. The van der Waals surface area contributed by atoms with Gasteiger partial charge in [0.2, 0.25) is 0 Å². The molecule has 0 spiro atoms. The molecule has 1 fully saturated rings. The zero-order chi connectivity index (χ0) is 11.7. The van der Waals surface area contributed by atoms with Crippen molar-refractivity contribution in [2.45, 2.75) is 50.4 Å². The molecule has 0 radical (unpaired) electrons. The summed E-state index contributed by atoms with van der Waals surface area (Å²) < 4.78 is 40.3. The Balaban J connectivity index is 2.54. The Kier molecular flexibility index (Phi) is 3.28. The molecular formula is C9H14F3NO2. The van der Waals surface area contributed by atoms with E-state index in [0.717, 1.165) is 0 Å². The fraction of sp³-hybridized carbons (Fsp3) is 0.889. The van der Waals surface area contributed by atoms with Crippen LogP contribution in [0.15, 0.2) is 0 Å². The predicted molar refractivity (Wildman–Crippen MR) is 47.0 cm³/mol. The van der Waals surface area contributed by atoms with Crippen molar-refractivity contribution in [1.82, 2.24) is 0 Å². The maximum atomic E-state index is 12.0. The lowest BCUT2D eigenvalue weighted by Gasteiger charge is -2.35. The molecule has 1 rings (SSSR count). The van der Waals surface area contributed by atoms with Gasteiger partial charge in [0.1, 0.15) is 5.60 Å². The van der Waals surface area contributed by atoms with E-state index in [1.165, 1.54) is 6.92 Å². The lowest BCUT2D eigenvalue weighted by molar-refractivity contribution is -0.215. The fourth-order valence-electron chi connectivity index (χ4n) is 1.63. The molecule has 0 unspecified atom stereocenters. The third-order valence-corrected chi connectivity index (χ3v) is 2.66. The van der Waals surface area contributed by atoms with Crippen LogP contribution >= 0.6 is 0 Å². The van der Waals surface area contributed by atoms with E-state index >= 15 is 0 Å². The van der Waals surface area contributed by atoms with Gasteiger partial charge >= 0.3 is 12.1 Å². The first kappa shape index (κ1) is 12.3. The summed E-state index contributed by atoms with van der Waals surface area (Å²) in [6.45, 7) is 1.52. The van der Waals surface area contributed by atoms with Crippen LogP contribution in [-0.4, -0.2) is 23.8 Å². The average Bonchev–Trinajstić information content (AvgIpc) is 2.09. The number of carbonyl (C=O) groups excluding carboxylic acids is 1. The highest BCUT2D eigenvalue weighted by molar-refractivity contribution is 5.76. The van der Waals surface area contributed by atoms with Crippen LogP contribution in [0.5, 0.6) is 0 Å². The van der Waals surface area contributed by atoms with Crippen LogP contribution in [0.3, 0.4) is 0 Å². The molecule has 0 aromatic heterocycles. The van der Waals surface area contributed by atoms with Crippen molar-refractivity contribution in [2.24, 2.45) is 5.73 Å². The predicted octanol–water partition coefficient (Wildman–Crippen LogP) is 1.75. The lowest BCUT2D eigenvalue weighted by atomic mass is 9.84. The molecule has 1 aliphatic carbocycles. The Morgan fingerprint density at radius 1 is 1.40 bits per heavy atom. The van der Waals surface area contributed by atoms with Crippen LogP contribution < -0.4 is 5.73 Å². The molecule has 1 aliphatic rings. The van der Waals surface area contributed by atoms with Crippen molar-refractivity contribution in [2.75, 3.05) is 0 Å². The van der Waals surface area contributed by atoms with Gasteiger partial charge in [-0.2, -0.15) is 13.2 Å². The van der Waals surface area contributed by atoms with Gasteiger partial charge in [-0.1, -0.05) is 0 Å². The number of hydrogen-bond acceptors (Lipinski definition) is 3. The smallest absolute Gasteiger partial charge is 0.453 e. The van der Waals surface area contributed by atoms with Crippen LogP contribution in [0, 0.1) is 0 Å². The Morgan fingerprint density at radius 3 is 2.27 bits per heavy atom. The highest BCUT2D eigenvalue weighted by Crippen LogP contribution is 2.32. The van der Waals surface area contributed by atoms with E-state index < -0.39 is 17.7 Å². The van der Waals surface area contributed by atoms with Crippen LogP contribution in [-0.2, 0) is 9.53 Å². The summed E-state index contributed by atoms with van der Waals surface area (Å²) in [5.74, 6) is -2.11. The number of alkyl halides is 3. The van der Waals surface area contributed by atoms with Gasteiger partial charge in [-0.3, -0.25) is 0 Å². The first-order valence-electron chi connectivity index (χ1n) is 4.79. The first-order valence-corrected chi connectivity index (χ1v) is 4.79. The van der Waals surface area contributed by atoms with E-state index in [1.807, 2.05) is 0 Å². The number of nitrogens with two attached hydrogens (primary N) is 1. The minimum Gasteiger partial charge on any atom is -0.453 e. The Bertz CT molecular complexity index is 244. The molecule has 1 saturated carbocycles. The first-order chi connectivity index (χ1) is 6.73. The molecule has 15 heavy (non-hydrogen) atoms. The van der Waals surface area contributed by atoms with Gasteiger partial charge in [-0.25, -0.2) is 4.79 Å². The Labute approximate surface area is 85.8 Å². The minimum absolute atomic E-state index is 0.00247. The third-order valence-electron chi connectivity index (χ3n) is 2.66. The second kappa shape index (κ2) is 4.00. The van der Waals surface area contributed by atoms with E-state index in [-0.39, 0.29) is 6.04 Å². The summed E-state index contributed by atoms with van der Waals surface area (Å²) in [4.78, 5) is 10.6. The zero-order valence-electron chi connectivity index (χ0n) is 8.43. The van der Waals surface area contributed by atoms with Crippen LogP contribution in [0.1, 0.15) is 32.6 Å². The van der Waals surface area contributed by atoms with Crippen LogP contribution in [0.4, 0.5) is 13.2 Å². The van der Waals surface area contributed by atoms with Crippen molar-refractivity contribution >= 4 is 5.97 Å². The molecule has 0 heterocycles. The van der Waals surface area contributed by atoms with E-state index in [0.29, 0.717) is 25.7 Å². The molecule has 0 aromatic rings. The molecule has 0 saturated heterocycles. The molecule has 3 nitrogen and oxygen atoms in total. The Morgan fingerprint density at radius 2 is 1.87 bits per heavy atom. The second-order valence-corrected chi connectivity index (χ2v) is 4.17.